The second-order valence-corrected chi connectivity index (χ2v) is 6.41. The van der Waals surface area contributed by atoms with Crippen LogP contribution >= 0.6 is 0 Å². The Bertz CT molecular complexity index is 1190. The summed E-state index contributed by atoms with van der Waals surface area (Å²) in [6.07, 6.45) is -3.21. The molecule has 2 N–H and O–H groups in total. The number of fused-ring (bicyclic) bond motifs is 2. The Hall–Kier alpha value is -3.82. The van der Waals surface area contributed by atoms with E-state index in [-0.39, 0.29) is 0 Å². The average molecular weight is 417 g/mol. The molecule has 154 valence electrons. The molecule has 4 rings (SSSR count). The Kier molecular flexibility index (Phi) is 4.69. The van der Waals surface area contributed by atoms with E-state index in [1.807, 2.05) is 0 Å². The van der Waals surface area contributed by atoms with E-state index in [0.29, 0.717) is 34.6 Å². The predicted octanol–water partition coefficient (Wildman–Crippen LogP) is 3.42. The van der Waals surface area contributed by atoms with Crippen molar-refractivity contribution in [3.63, 3.8) is 0 Å². The van der Waals surface area contributed by atoms with E-state index in [9.17, 15) is 22.8 Å². The lowest BCUT2D eigenvalue weighted by Gasteiger charge is -2.28. The lowest BCUT2D eigenvalue weighted by molar-refractivity contribution is -0.141. The summed E-state index contributed by atoms with van der Waals surface area (Å²) in [5, 5.41) is 2.66. The van der Waals surface area contributed by atoms with Crippen LogP contribution in [0.1, 0.15) is 33.4 Å². The predicted molar refractivity (Wildman–Crippen MR) is 98.7 cm³/mol. The van der Waals surface area contributed by atoms with Gasteiger partial charge in [0.25, 0.3) is 11.5 Å². The highest BCUT2D eigenvalue weighted by atomic mass is 19.4. The summed E-state index contributed by atoms with van der Waals surface area (Å²) in [5.41, 5.74) is -1.89. The Morgan fingerprint density at radius 1 is 1.20 bits per heavy atom. The summed E-state index contributed by atoms with van der Waals surface area (Å²) in [4.78, 5) is 30.7. The molecule has 1 aromatic carbocycles. The SMILES string of the molecule is COc1ccc2c(c1)Oc1cccnc1C2NC(=O)c1ccc(C(F)(F)F)[nH]c1=O. The standard InChI is InChI=1S/C20H14F3N3O4/c1-29-10-4-5-11-14(9-10)30-13-3-2-8-24-17(13)16(11)26-19(28)12-6-7-15(20(21,22)23)25-18(12)27/h2-9,16H,1H3,(H,25,27)(H,26,28). The maximum Gasteiger partial charge on any atom is 0.431 e. The number of pyridine rings is 2. The van der Waals surface area contributed by atoms with Crippen LogP contribution in [0.4, 0.5) is 13.2 Å². The highest BCUT2D eigenvalue weighted by Crippen LogP contribution is 2.43. The fourth-order valence-corrected chi connectivity index (χ4v) is 3.11. The molecule has 0 aliphatic carbocycles. The van der Waals surface area contributed by atoms with Gasteiger partial charge in [0.1, 0.15) is 34.5 Å². The molecule has 1 unspecified atom stereocenters. The summed E-state index contributed by atoms with van der Waals surface area (Å²) in [7, 11) is 1.50. The summed E-state index contributed by atoms with van der Waals surface area (Å²) in [6, 6.07) is 8.99. The summed E-state index contributed by atoms with van der Waals surface area (Å²) < 4.78 is 49.3. The molecule has 2 aromatic heterocycles. The first-order valence-corrected chi connectivity index (χ1v) is 8.70. The van der Waals surface area contributed by atoms with Gasteiger partial charge in [-0.25, -0.2) is 0 Å². The first kappa shape index (κ1) is 19.5. The number of alkyl halides is 3. The molecule has 3 aromatic rings. The largest absolute Gasteiger partial charge is 0.497 e. The van der Waals surface area contributed by atoms with Crippen LogP contribution in [-0.2, 0) is 6.18 Å². The second-order valence-electron chi connectivity index (χ2n) is 6.41. The van der Waals surface area contributed by atoms with Gasteiger partial charge in [-0.15, -0.1) is 0 Å². The molecule has 7 nitrogen and oxygen atoms in total. The topological polar surface area (TPSA) is 93.3 Å². The highest BCUT2D eigenvalue weighted by molar-refractivity contribution is 5.94. The van der Waals surface area contributed by atoms with Crippen molar-refractivity contribution in [1.29, 1.82) is 0 Å². The Balaban J connectivity index is 1.71. The molecule has 1 aliphatic rings. The molecule has 10 heteroatoms. The third kappa shape index (κ3) is 3.47. The van der Waals surface area contributed by atoms with Crippen LogP contribution in [-0.4, -0.2) is 23.0 Å². The van der Waals surface area contributed by atoms with Gasteiger partial charge < -0.3 is 19.8 Å². The average Bonchev–Trinajstić information content (AvgIpc) is 2.72. The van der Waals surface area contributed by atoms with Crippen molar-refractivity contribution in [3.8, 4) is 17.2 Å². The van der Waals surface area contributed by atoms with Crippen molar-refractivity contribution in [1.82, 2.24) is 15.3 Å². The van der Waals surface area contributed by atoms with Gasteiger partial charge >= 0.3 is 6.18 Å². The van der Waals surface area contributed by atoms with E-state index in [0.717, 1.165) is 6.07 Å². The van der Waals surface area contributed by atoms with Gasteiger partial charge in [0.2, 0.25) is 0 Å². The van der Waals surface area contributed by atoms with Crippen LogP contribution < -0.4 is 20.3 Å². The molecule has 0 saturated carbocycles. The van der Waals surface area contributed by atoms with Gasteiger partial charge in [-0.3, -0.25) is 14.6 Å². The molecule has 3 heterocycles. The number of halogens is 3. The lowest BCUT2D eigenvalue weighted by atomic mass is 9.98. The number of benzene rings is 1. The molecular weight excluding hydrogens is 403 g/mol. The minimum Gasteiger partial charge on any atom is -0.497 e. The molecule has 30 heavy (non-hydrogen) atoms. The van der Waals surface area contributed by atoms with Gasteiger partial charge in [-0.2, -0.15) is 13.2 Å². The maximum absolute atomic E-state index is 12.8. The molecule has 0 bridgehead atoms. The number of methoxy groups -OCH3 is 1. The maximum atomic E-state index is 12.8. The van der Waals surface area contributed by atoms with Crippen LogP contribution in [0.3, 0.4) is 0 Å². The van der Waals surface area contributed by atoms with Crippen molar-refractivity contribution in [2.75, 3.05) is 7.11 Å². The quantitative estimate of drug-likeness (QED) is 0.681. The zero-order chi connectivity index (χ0) is 21.5. The van der Waals surface area contributed by atoms with Crippen molar-refractivity contribution in [2.24, 2.45) is 0 Å². The number of nitrogens with zero attached hydrogens (tertiary/aromatic N) is 1. The highest BCUT2D eigenvalue weighted by Gasteiger charge is 2.34. The fourth-order valence-electron chi connectivity index (χ4n) is 3.11. The normalized spacial score (nSPS) is 14.9. The van der Waals surface area contributed by atoms with E-state index in [2.05, 4.69) is 10.3 Å². The second kappa shape index (κ2) is 7.21. The number of aromatic amines is 1. The number of hydrogen-bond donors (Lipinski definition) is 2. The Labute approximate surface area is 167 Å². The molecule has 0 saturated heterocycles. The summed E-state index contributed by atoms with van der Waals surface area (Å²) >= 11 is 0. The molecule has 1 atom stereocenters. The Morgan fingerprint density at radius 2 is 2.00 bits per heavy atom. The molecule has 1 amide bonds. The number of ether oxygens (including phenoxy) is 2. The van der Waals surface area contributed by atoms with Gasteiger partial charge in [-0.05, 0) is 36.4 Å². The first-order chi connectivity index (χ1) is 14.3. The number of rotatable bonds is 3. The number of carbonyl (C=O) groups excluding carboxylic acids is 1. The van der Waals surface area contributed by atoms with Gasteiger partial charge in [0, 0.05) is 17.8 Å². The van der Waals surface area contributed by atoms with E-state index in [4.69, 9.17) is 9.47 Å². The number of nitrogens with one attached hydrogen (secondary N) is 2. The van der Waals surface area contributed by atoms with Crippen LogP contribution in [0.25, 0.3) is 0 Å². The Morgan fingerprint density at radius 3 is 2.70 bits per heavy atom. The molecule has 0 radical (unpaired) electrons. The monoisotopic (exact) mass is 417 g/mol. The number of H-pyrrole nitrogens is 1. The van der Waals surface area contributed by atoms with E-state index in [1.54, 1.807) is 35.3 Å². The van der Waals surface area contributed by atoms with Crippen LogP contribution in [0.15, 0.2) is 53.5 Å². The van der Waals surface area contributed by atoms with Crippen LogP contribution in [0.5, 0.6) is 17.2 Å². The zero-order valence-electron chi connectivity index (χ0n) is 15.4. The third-order valence-corrected chi connectivity index (χ3v) is 4.56. The fraction of sp³-hybridized carbons (Fsp3) is 0.150. The number of carbonyl (C=O) groups is 1. The van der Waals surface area contributed by atoms with Gasteiger partial charge in [0.15, 0.2) is 5.75 Å². The number of hydrogen-bond acceptors (Lipinski definition) is 5. The van der Waals surface area contributed by atoms with Gasteiger partial charge in [0.05, 0.1) is 7.11 Å². The van der Waals surface area contributed by atoms with E-state index in [1.165, 1.54) is 13.3 Å². The zero-order valence-corrected chi connectivity index (χ0v) is 15.4. The van der Waals surface area contributed by atoms with E-state index < -0.39 is 34.9 Å². The molecule has 1 aliphatic heterocycles. The molecule has 0 spiro atoms. The number of amides is 1. The first-order valence-electron chi connectivity index (χ1n) is 8.70. The van der Waals surface area contributed by atoms with Crippen LogP contribution in [0, 0.1) is 0 Å². The number of aromatic nitrogens is 2. The minimum atomic E-state index is -4.73. The van der Waals surface area contributed by atoms with E-state index >= 15 is 0 Å². The van der Waals surface area contributed by atoms with Crippen LogP contribution in [0.2, 0.25) is 0 Å². The summed E-state index contributed by atoms with van der Waals surface area (Å²) in [6.45, 7) is 0. The van der Waals surface area contributed by atoms with Crippen molar-refractivity contribution in [3.05, 3.63) is 81.5 Å². The van der Waals surface area contributed by atoms with Gasteiger partial charge in [-0.1, -0.05) is 0 Å². The third-order valence-electron chi connectivity index (χ3n) is 4.56. The van der Waals surface area contributed by atoms with Crippen molar-refractivity contribution >= 4 is 5.91 Å². The molecular formula is C20H14F3N3O4. The minimum absolute atomic E-state index is 0.393. The van der Waals surface area contributed by atoms with Crippen molar-refractivity contribution in [2.45, 2.75) is 12.2 Å². The molecule has 0 fully saturated rings. The lowest BCUT2D eigenvalue weighted by Crippen LogP contribution is -2.35. The summed E-state index contributed by atoms with van der Waals surface area (Å²) in [5.74, 6) is 0.493. The van der Waals surface area contributed by atoms with Crippen molar-refractivity contribution < 1.29 is 27.4 Å². The smallest absolute Gasteiger partial charge is 0.431 e.